The monoisotopic (exact) mass is 340 g/mol. The lowest BCUT2D eigenvalue weighted by molar-refractivity contribution is -0.274. The largest absolute Gasteiger partial charge is 0.573 e. The molecule has 0 aliphatic rings. The molecule has 2 N–H and O–H groups in total. The van der Waals surface area contributed by atoms with Crippen molar-refractivity contribution >= 4 is 17.4 Å². The highest BCUT2D eigenvalue weighted by atomic mass is 19.4. The summed E-state index contributed by atoms with van der Waals surface area (Å²) in [7, 11) is 1.53. The van der Waals surface area contributed by atoms with E-state index >= 15 is 0 Å². The number of hydrogen-bond donors (Lipinski definition) is 2. The van der Waals surface area contributed by atoms with E-state index in [0.29, 0.717) is 11.4 Å². The summed E-state index contributed by atoms with van der Waals surface area (Å²) in [4.78, 5) is 12.0. The molecule has 0 saturated heterocycles. The fourth-order valence-corrected chi connectivity index (χ4v) is 1.96. The number of aryl methyl sites for hydroxylation is 1. The van der Waals surface area contributed by atoms with Gasteiger partial charge in [0.15, 0.2) is 0 Å². The second-order valence-electron chi connectivity index (χ2n) is 4.84. The lowest BCUT2D eigenvalue weighted by Crippen LogP contribution is -2.20. The number of ether oxygens (including phenoxy) is 2. The summed E-state index contributed by atoms with van der Waals surface area (Å²) in [6, 6.07) is 9.51. The molecule has 0 atom stereocenters. The maximum Gasteiger partial charge on any atom is 0.573 e. The second kappa shape index (κ2) is 7.12. The number of carbonyl (C=O) groups excluding carboxylic acids is 1. The number of carbonyl (C=O) groups is 1. The van der Waals surface area contributed by atoms with Crippen LogP contribution in [0.15, 0.2) is 42.5 Å². The number of benzene rings is 2. The Balaban J connectivity index is 2.03. The first-order valence-electron chi connectivity index (χ1n) is 6.85. The van der Waals surface area contributed by atoms with Gasteiger partial charge in [-0.3, -0.25) is 0 Å². The van der Waals surface area contributed by atoms with Gasteiger partial charge in [-0.1, -0.05) is 6.07 Å². The molecule has 2 aromatic carbocycles. The van der Waals surface area contributed by atoms with Gasteiger partial charge in [-0.25, -0.2) is 4.79 Å². The number of urea groups is 1. The zero-order valence-corrected chi connectivity index (χ0v) is 12.9. The fourth-order valence-electron chi connectivity index (χ4n) is 1.96. The van der Waals surface area contributed by atoms with E-state index in [1.54, 1.807) is 25.1 Å². The van der Waals surface area contributed by atoms with Gasteiger partial charge in [-0.15, -0.1) is 13.2 Å². The molecular formula is C16H15F3N2O3. The van der Waals surface area contributed by atoms with Crippen LogP contribution in [-0.2, 0) is 0 Å². The molecule has 0 heterocycles. The molecule has 2 rings (SSSR count). The van der Waals surface area contributed by atoms with Gasteiger partial charge in [-0.05, 0) is 42.8 Å². The molecule has 0 fully saturated rings. The molecular weight excluding hydrogens is 325 g/mol. The van der Waals surface area contributed by atoms with Gasteiger partial charge in [-0.2, -0.15) is 0 Å². The highest BCUT2D eigenvalue weighted by Crippen LogP contribution is 2.25. The molecule has 0 aliphatic heterocycles. The lowest BCUT2D eigenvalue weighted by Gasteiger charge is -2.12. The maximum atomic E-state index is 12.2. The molecule has 0 radical (unpaired) electrons. The Morgan fingerprint density at radius 1 is 1.04 bits per heavy atom. The van der Waals surface area contributed by atoms with Crippen molar-refractivity contribution in [2.45, 2.75) is 13.3 Å². The van der Waals surface area contributed by atoms with E-state index in [1.165, 1.54) is 19.2 Å². The first-order valence-corrected chi connectivity index (χ1v) is 6.85. The highest BCUT2D eigenvalue weighted by molar-refractivity contribution is 6.00. The van der Waals surface area contributed by atoms with E-state index in [1.807, 2.05) is 0 Å². The third-order valence-corrected chi connectivity index (χ3v) is 3.01. The Bertz CT molecular complexity index is 733. The first-order chi connectivity index (χ1) is 11.3. The third kappa shape index (κ3) is 5.08. The summed E-state index contributed by atoms with van der Waals surface area (Å²) in [5.74, 6) is 0.233. The van der Waals surface area contributed by atoms with Crippen molar-refractivity contribution in [3.05, 3.63) is 48.0 Å². The van der Waals surface area contributed by atoms with E-state index in [9.17, 15) is 18.0 Å². The third-order valence-electron chi connectivity index (χ3n) is 3.01. The van der Waals surface area contributed by atoms with E-state index < -0.39 is 18.1 Å². The Morgan fingerprint density at radius 2 is 1.79 bits per heavy atom. The molecule has 0 saturated carbocycles. The number of alkyl halides is 3. The topological polar surface area (TPSA) is 59.6 Å². The van der Waals surface area contributed by atoms with Gasteiger partial charge in [0.25, 0.3) is 0 Å². The van der Waals surface area contributed by atoms with Crippen molar-refractivity contribution in [3.8, 4) is 11.5 Å². The molecule has 0 bridgehead atoms. The Hall–Kier alpha value is -2.90. The molecule has 5 nitrogen and oxygen atoms in total. The quantitative estimate of drug-likeness (QED) is 0.859. The Morgan fingerprint density at radius 3 is 2.42 bits per heavy atom. The van der Waals surface area contributed by atoms with Crippen molar-refractivity contribution < 1.29 is 27.4 Å². The number of hydrogen-bond acceptors (Lipinski definition) is 3. The Kier molecular flexibility index (Phi) is 5.18. The molecule has 0 aliphatic carbocycles. The lowest BCUT2D eigenvalue weighted by atomic mass is 10.2. The van der Waals surface area contributed by atoms with E-state index in [0.717, 1.165) is 17.7 Å². The summed E-state index contributed by atoms with van der Waals surface area (Å²) in [6.07, 6.45) is -4.79. The van der Waals surface area contributed by atoms with Crippen LogP contribution in [-0.4, -0.2) is 19.5 Å². The van der Waals surface area contributed by atoms with Crippen molar-refractivity contribution in [3.63, 3.8) is 0 Å². The van der Waals surface area contributed by atoms with Crippen LogP contribution >= 0.6 is 0 Å². The van der Waals surface area contributed by atoms with Crippen LogP contribution in [0.25, 0.3) is 0 Å². The molecule has 24 heavy (non-hydrogen) atoms. The summed E-state index contributed by atoms with van der Waals surface area (Å²) >= 11 is 0. The van der Waals surface area contributed by atoms with Crippen molar-refractivity contribution in [1.82, 2.24) is 0 Å². The SMILES string of the molecule is COc1ccc(NC(=O)Nc2cccc(OC(F)(F)F)c2)c(C)c1. The maximum absolute atomic E-state index is 12.2. The van der Waals surface area contributed by atoms with Crippen molar-refractivity contribution in [1.29, 1.82) is 0 Å². The number of halogens is 3. The predicted octanol–water partition coefficient (Wildman–Crippen LogP) is 4.55. The number of rotatable bonds is 4. The standard InChI is InChI=1S/C16H15F3N2O3/c1-10-8-12(23-2)6-7-14(10)21-15(22)20-11-4-3-5-13(9-11)24-16(17,18)19/h3-9H,1-2H3,(H2,20,21,22). The first kappa shape index (κ1) is 17.5. The fraction of sp³-hybridized carbons (Fsp3) is 0.188. The normalized spacial score (nSPS) is 10.9. The van der Waals surface area contributed by atoms with E-state index in [4.69, 9.17) is 4.74 Å². The Labute approximate surface area is 136 Å². The van der Waals surface area contributed by atoms with Crippen molar-refractivity contribution in [2.24, 2.45) is 0 Å². The van der Waals surface area contributed by atoms with Gasteiger partial charge in [0, 0.05) is 17.4 Å². The smallest absolute Gasteiger partial charge is 0.497 e. The van der Waals surface area contributed by atoms with Crippen LogP contribution in [0.1, 0.15) is 5.56 Å². The van der Waals surface area contributed by atoms with Crippen LogP contribution in [0.5, 0.6) is 11.5 Å². The molecule has 2 aromatic rings. The van der Waals surface area contributed by atoms with Gasteiger partial charge >= 0.3 is 12.4 Å². The minimum absolute atomic E-state index is 0.167. The van der Waals surface area contributed by atoms with Crippen LogP contribution in [0.3, 0.4) is 0 Å². The number of amides is 2. The molecule has 0 spiro atoms. The number of methoxy groups -OCH3 is 1. The molecule has 0 unspecified atom stereocenters. The zero-order valence-electron chi connectivity index (χ0n) is 12.9. The van der Waals surface area contributed by atoms with Crippen LogP contribution in [0.4, 0.5) is 29.3 Å². The molecule has 2 amide bonds. The highest BCUT2D eigenvalue weighted by Gasteiger charge is 2.31. The van der Waals surface area contributed by atoms with Crippen LogP contribution in [0.2, 0.25) is 0 Å². The molecule has 8 heteroatoms. The number of anilines is 2. The van der Waals surface area contributed by atoms with Crippen LogP contribution in [0, 0.1) is 6.92 Å². The van der Waals surface area contributed by atoms with Gasteiger partial charge < -0.3 is 20.1 Å². The summed E-state index contributed by atoms with van der Waals surface area (Å²) in [5.41, 5.74) is 1.50. The summed E-state index contributed by atoms with van der Waals surface area (Å²) in [6.45, 7) is 1.79. The van der Waals surface area contributed by atoms with Gasteiger partial charge in [0.1, 0.15) is 11.5 Å². The second-order valence-corrected chi connectivity index (χ2v) is 4.84. The summed E-state index contributed by atoms with van der Waals surface area (Å²) < 4.78 is 45.5. The minimum atomic E-state index is -4.79. The minimum Gasteiger partial charge on any atom is -0.497 e. The predicted molar refractivity (Wildman–Crippen MR) is 83.5 cm³/mol. The average molecular weight is 340 g/mol. The molecule has 128 valence electrons. The average Bonchev–Trinajstić information content (AvgIpc) is 2.48. The van der Waals surface area contributed by atoms with Gasteiger partial charge in [0.2, 0.25) is 0 Å². The van der Waals surface area contributed by atoms with Gasteiger partial charge in [0.05, 0.1) is 7.11 Å². The van der Waals surface area contributed by atoms with Crippen molar-refractivity contribution in [2.75, 3.05) is 17.7 Å². The summed E-state index contributed by atoms with van der Waals surface area (Å²) in [5, 5.41) is 5.05. The van der Waals surface area contributed by atoms with Crippen LogP contribution < -0.4 is 20.1 Å². The molecule has 0 aromatic heterocycles. The zero-order chi connectivity index (χ0) is 17.7. The number of nitrogens with one attached hydrogen (secondary N) is 2. The van der Waals surface area contributed by atoms with E-state index in [2.05, 4.69) is 15.4 Å². The van der Waals surface area contributed by atoms with E-state index in [-0.39, 0.29) is 5.69 Å².